The van der Waals surface area contributed by atoms with E-state index in [1.165, 1.54) is 0 Å². The lowest BCUT2D eigenvalue weighted by Gasteiger charge is -2.24. The molecule has 0 spiro atoms. The van der Waals surface area contributed by atoms with Crippen molar-refractivity contribution >= 4 is 0 Å². The number of pyridine rings is 2. The molecule has 2 aromatic heterocycles. The average molecular weight is 216 g/mol. The van der Waals surface area contributed by atoms with E-state index in [0.717, 1.165) is 0 Å². The Bertz CT molecular complexity index is 403. The third-order valence-corrected chi connectivity index (χ3v) is 2.73. The summed E-state index contributed by atoms with van der Waals surface area (Å²) in [4.78, 5) is 7.93. The molecule has 0 aliphatic rings. The maximum atomic E-state index is 14.9. The van der Waals surface area contributed by atoms with Crippen LogP contribution < -0.4 is 0 Å². The molecule has 0 N–H and O–H groups in total. The van der Waals surface area contributed by atoms with Crippen LogP contribution in [-0.4, -0.2) is 9.97 Å². The van der Waals surface area contributed by atoms with E-state index in [-0.39, 0.29) is 0 Å². The summed E-state index contributed by atoms with van der Waals surface area (Å²) in [5.74, 6) is 0. The summed E-state index contributed by atoms with van der Waals surface area (Å²) in [6.45, 7) is 1.82. The SMILES string of the molecule is CCC(F)(c1cccnc1)c1cccnc1. The second-order valence-electron chi connectivity index (χ2n) is 3.64. The Morgan fingerprint density at radius 3 is 1.88 bits per heavy atom. The van der Waals surface area contributed by atoms with Crippen molar-refractivity contribution in [2.75, 3.05) is 0 Å². The molecule has 0 aliphatic heterocycles. The highest BCUT2D eigenvalue weighted by Gasteiger charge is 2.32. The van der Waals surface area contributed by atoms with Gasteiger partial charge in [-0.2, -0.15) is 0 Å². The molecule has 0 atom stereocenters. The van der Waals surface area contributed by atoms with Crippen LogP contribution in [0.1, 0.15) is 24.5 Å². The van der Waals surface area contributed by atoms with Gasteiger partial charge in [0.1, 0.15) is 0 Å². The van der Waals surface area contributed by atoms with Gasteiger partial charge in [-0.1, -0.05) is 19.1 Å². The van der Waals surface area contributed by atoms with Crippen LogP contribution in [0.15, 0.2) is 49.1 Å². The number of rotatable bonds is 3. The number of aromatic nitrogens is 2. The minimum absolute atomic E-state index is 0.365. The summed E-state index contributed by atoms with van der Waals surface area (Å²) in [6.07, 6.45) is 6.78. The summed E-state index contributed by atoms with van der Waals surface area (Å²) in [5, 5.41) is 0. The van der Waals surface area contributed by atoms with Crippen molar-refractivity contribution in [3.05, 3.63) is 60.2 Å². The predicted octanol–water partition coefficient (Wildman–Crippen LogP) is 3.10. The molecule has 2 heterocycles. The van der Waals surface area contributed by atoms with Crippen molar-refractivity contribution in [1.82, 2.24) is 9.97 Å². The van der Waals surface area contributed by atoms with Crippen LogP contribution in [-0.2, 0) is 5.67 Å². The zero-order valence-electron chi connectivity index (χ0n) is 9.10. The van der Waals surface area contributed by atoms with E-state index in [1.54, 1.807) is 49.1 Å². The highest BCUT2D eigenvalue weighted by molar-refractivity contribution is 5.32. The normalized spacial score (nSPS) is 11.4. The first-order chi connectivity index (χ1) is 7.77. The summed E-state index contributed by atoms with van der Waals surface area (Å²) >= 11 is 0. The summed E-state index contributed by atoms with van der Waals surface area (Å²) in [6, 6.07) is 7.00. The van der Waals surface area contributed by atoms with Crippen LogP contribution in [0.2, 0.25) is 0 Å². The lowest BCUT2D eigenvalue weighted by molar-refractivity contribution is 0.213. The number of hydrogen-bond acceptors (Lipinski definition) is 2. The molecule has 82 valence electrons. The van der Waals surface area contributed by atoms with Crippen LogP contribution in [0, 0.1) is 0 Å². The highest BCUT2D eigenvalue weighted by atomic mass is 19.1. The Morgan fingerprint density at radius 2 is 1.56 bits per heavy atom. The maximum Gasteiger partial charge on any atom is 0.163 e. The van der Waals surface area contributed by atoms with E-state index in [4.69, 9.17) is 0 Å². The summed E-state index contributed by atoms with van der Waals surface area (Å²) < 4.78 is 14.9. The molecule has 2 nitrogen and oxygen atoms in total. The molecule has 16 heavy (non-hydrogen) atoms. The smallest absolute Gasteiger partial charge is 0.163 e. The molecule has 0 unspecified atom stereocenters. The fourth-order valence-corrected chi connectivity index (χ4v) is 1.77. The second-order valence-corrected chi connectivity index (χ2v) is 3.64. The number of hydrogen-bond donors (Lipinski definition) is 0. The first kappa shape index (κ1) is 10.7. The van der Waals surface area contributed by atoms with Gasteiger partial charge in [0, 0.05) is 35.9 Å². The Kier molecular flexibility index (Phi) is 2.95. The van der Waals surface area contributed by atoms with Gasteiger partial charge >= 0.3 is 0 Å². The fourth-order valence-electron chi connectivity index (χ4n) is 1.77. The van der Waals surface area contributed by atoms with Gasteiger partial charge in [-0.15, -0.1) is 0 Å². The minimum atomic E-state index is -1.50. The van der Waals surface area contributed by atoms with E-state index in [1.807, 2.05) is 6.92 Å². The topological polar surface area (TPSA) is 25.8 Å². The highest BCUT2D eigenvalue weighted by Crippen LogP contribution is 2.35. The fraction of sp³-hybridized carbons (Fsp3) is 0.231. The van der Waals surface area contributed by atoms with Gasteiger partial charge in [-0.25, -0.2) is 4.39 Å². The molecule has 0 bridgehead atoms. The Balaban J connectivity index is 2.49. The molecule has 0 saturated heterocycles. The van der Waals surface area contributed by atoms with Gasteiger partial charge in [-0.05, 0) is 18.6 Å². The van der Waals surface area contributed by atoms with E-state index in [9.17, 15) is 4.39 Å². The quantitative estimate of drug-likeness (QED) is 0.787. The first-order valence-corrected chi connectivity index (χ1v) is 5.27. The van der Waals surface area contributed by atoms with Crippen molar-refractivity contribution < 1.29 is 4.39 Å². The zero-order valence-corrected chi connectivity index (χ0v) is 9.10. The van der Waals surface area contributed by atoms with Crippen LogP contribution in [0.3, 0.4) is 0 Å². The van der Waals surface area contributed by atoms with Gasteiger partial charge in [0.2, 0.25) is 0 Å². The maximum absolute atomic E-state index is 14.9. The average Bonchev–Trinajstić information content (AvgIpc) is 2.40. The number of nitrogens with zero attached hydrogens (tertiary/aromatic N) is 2. The van der Waals surface area contributed by atoms with Crippen molar-refractivity contribution in [2.45, 2.75) is 19.0 Å². The Hall–Kier alpha value is -1.77. The molecular formula is C13H13FN2. The molecule has 0 radical (unpaired) electrons. The van der Waals surface area contributed by atoms with Crippen molar-refractivity contribution in [3.8, 4) is 0 Å². The summed E-state index contributed by atoms with van der Waals surface area (Å²) in [7, 11) is 0. The van der Waals surface area contributed by atoms with Crippen molar-refractivity contribution in [1.29, 1.82) is 0 Å². The third kappa shape index (κ3) is 1.81. The molecule has 0 fully saturated rings. The largest absolute Gasteiger partial charge is 0.264 e. The summed E-state index contributed by atoms with van der Waals surface area (Å²) in [5.41, 5.74) is -0.348. The van der Waals surface area contributed by atoms with Crippen molar-refractivity contribution in [3.63, 3.8) is 0 Å². The molecular weight excluding hydrogens is 203 g/mol. The van der Waals surface area contributed by atoms with Crippen LogP contribution in [0.5, 0.6) is 0 Å². The van der Waals surface area contributed by atoms with E-state index < -0.39 is 5.67 Å². The van der Waals surface area contributed by atoms with Gasteiger partial charge in [0.15, 0.2) is 5.67 Å². The van der Waals surface area contributed by atoms with Crippen molar-refractivity contribution in [2.24, 2.45) is 0 Å². The lowest BCUT2D eigenvalue weighted by atomic mass is 9.88. The van der Waals surface area contributed by atoms with E-state index in [2.05, 4.69) is 9.97 Å². The molecule has 2 rings (SSSR count). The Labute approximate surface area is 94.2 Å². The zero-order chi connectivity index (χ0) is 11.4. The van der Waals surface area contributed by atoms with E-state index in [0.29, 0.717) is 17.5 Å². The first-order valence-electron chi connectivity index (χ1n) is 5.27. The van der Waals surface area contributed by atoms with Crippen LogP contribution in [0.25, 0.3) is 0 Å². The minimum Gasteiger partial charge on any atom is -0.264 e. The predicted molar refractivity (Wildman–Crippen MR) is 60.7 cm³/mol. The van der Waals surface area contributed by atoms with Gasteiger partial charge in [0.25, 0.3) is 0 Å². The molecule has 0 saturated carbocycles. The molecule has 0 amide bonds. The van der Waals surface area contributed by atoms with Crippen LogP contribution in [0.4, 0.5) is 4.39 Å². The Morgan fingerprint density at radius 1 is 1.06 bits per heavy atom. The monoisotopic (exact) mass is 216 g/mol. The third-order valence-electron chi connectivity index (χ3n) is 2.73. The van der Waals surface area contributed by atoms with Gasteiger partial charge in [0.05, 0.1) is 0 Å². The lowest BCUT2D eigenvalue weighted by Crippen LogP contribution is -2.21. The van der Waals surface area contributed by atoms with Gasteiger partial charge < -0.3 is 0 Å². The molecule has 0 aromatic carbocycles. The standard InChI is InChI=1S/C13H13FN2/c1-2-13(14,11-5-3-7-15-9-11)12-6-4-8-16-10-12/h3-10H,2H2,1H3. The van der Waals surface area contributed by atoms with Crippen LogP contribution >= 0.6 is 0 Å². The van der Waals surface area contributed by atoms with E-state index >= 15 is 0 Å². The van der Waals surface area contributed by atoms with Gasteiger partial charge in [-0.3, -0.25) is 9.97 Å². The number of halogens is 1. The molecule has 3 heteroatoms. The second kappa shape index (κ2) is 4.39. The number of alkyl halides is 1. The molecule has 0 aliphatic carbocycles. The molecule has 2 aromatic rings.